The molecule has 5 nitrogen and oxygen atoms in total. The lowest BCUT2D eigenvalue weighted by Gasteiger charge is -2.15. The van der Waals surface area contributed by atoms with Crippen LogP contribution in [0.4, 0.5) is 5.82 Å². The summed E-state index contributed by atoms with van der Waals surface area (Å²) >= 11 is 3.50. The summed E-state index contributed by atoms with van der Waals surface area (Å²) in [4.78, 5) is 8.56. The summed E-state index contributed by atoms with van der Waals surface area (Å²) in [5.74, 6) is 2.20. The molecule has 2 aromatic rings. The van der Waals surface area contributed by atoms with Gasteiger partial charge in [0.2, 0.25) is 0 Å². The van der Waals surface area contributed by atoms with Crippen molar-refractivity contribution < 1.29 is 9.47 Å². The molecule has 0 radical (unpaired) electrons. The average Bonchev–Trinajstić information content (AvgIpc) is 2.47. The number of methoxy groups -OCH3 is 2. The van der Waals surface area contributed by atoms with E-state index < -0.39 is 0 Å². The van der Waals surface area contributed by atoms with Crippen LogP contribution >= 0.6 is 15.9 Å². The maximum atomic E-state index is 5.49. The van der Waals surface area contributed by atoms with Gasteiger partial charge in [0.25, 0.3) is 0 Å². The van der Waals surface area contributed by atoms with Gasteiger partial charge in [0.1, 0.15) is 28.1 Å². The highest BCUT2D eigenvalue weighted by atomic mass is 79.9. The van der Waals surface area contributed by atoms with Crippen molar-refractivity contribution >= 4 is 21.7 Å². The molecular formula is C14H16BrN3O2. The summed E-state index contributed by atoms with van der Waals surface area (Å²) in [5, 5.41) is 3.05. The molecule has 0 unspecified atom stereocenters. The van der Waals surface area contributed by atoms with Gasteiger partial charge in [-0.05, 0) is 35.0 Å². The van der Waals surface area contributed by atoms with Crippen LogP contribution < -0.4 is 14.8 Å². The quantitative estimate of drug-likeness (QED) is 0.927. The zero-order chi connectivity index (χ0) is 14.7. The van der Waals surface area contributed by atoms with Crippen molar-refractivity contribution in [1.29, 1.82) is 0 Å². The molecule has 0 saturated heterocycles. The summed E-state index contributed by atoms with van der Waals surface area (Å²) in [6.45, 7) is 1.97. The minimum absolute atomic E-state index is 0.688. The average molecular weight is 338 g/mol. The van der Waals surface area contributed by atoms with E-state index in [0.29, 0.717) is 11.5 Å². The normalized spacial score (nSPS) is 10.2. The van der Waals surface area contributed by atoms with Crippen LogP contribution in [-0.2, 0) is 0 Å². The van der Waals surface area contributed by atoms with Gasteiger partial charge in [-0.25, -0.2) is 9.97 Å². The van der Waals surface area contributed by atoms with Crippen LogP contribution in [0.25, 0.3) is 11.3 Å². The number of halogens is 1. The predicted octanol–water partition coefficient (Wildman–Crippen LogP) is 3.27. The van der Waals surface area contributed by atoms with Crippen LogP contribution in [0.15, 0.2) is 22.9 Å². The zero-order valence-electron chi connectivity index (χ0n) is 11.8. The third-order valence-electron chi connectivity index (χ3n) is 3.06. The Hall–Kier alpha value is -1.82. The second kappa shape index (κ2) is 6.09. The van der Waals surface area contributed by atoms with Gasteiger partial charge < -0.3 is 14.8 Å². The molecule has 6 heteroatoms. The molecule has 0 amide bonds. The largest absolute Gasteiger partial charge is 0.495 e. The van der Waals surface area contributed by atoms with E-state index in [9.17, 15) is 0 Å². The number of benzene rings is 1. The Morgan fingerprint density at radius 2 is 1.90 bits per heavy atom. The molecule has 1 aromatic carbocycles. The maximum absolute atomic E-state index is 5.49. The molecule has 0 fully saturated rings. The first-order chi connectivity index (χ1) is 9.63. The molecule has 1 heterocycles. The minimum Gasteiger partial charge on any atom is -0.495 e. The second-order valence-electron chi connectivity index (χ2n) is 4.11. The highest BCUT2D eigenvalue weighted by Gasteiger charge is 2.17. The Labute approximate surface area is 126 Å². The molecule has 0 aliphatic carbocycles. The van der Waals surface area contributed by atoms with Crippen molar-refractivity contribution in [2.24, 2.45) is 0 Å². The van der Waals surface area contributed by atoms with E-state index in [-0.39, 0.29) is 0 Å². The highest BCUT2D eigenvalue weighted by Crippen LogP contribution is 2.42. The van der Waals surface area contributed by atoms with Crippen LogP contribution in [0.5, 0.6) is 11.5 Å². The Balaban J connectivity index is 2.67. The van der Waals surface area contributed by atoms with E-state index in [1.807, 2.05) is 26.1 Å². The lowest BCUT2D eigenvalue weighted by atomic mass is 10.1. The van der Waals surface area contributed by atoms with Crippen molar-refractivity contribution in [2.75, 3.05) is 26.6 Å². The molecule has 0 bridgehead atoms. The van der Waals surface area contributed by atoms with Gasteiger partial charge in [-0.3, -0.25) is 0 Å². The van der Waals surface area contributed by atoms with Crippen LogP contribution in [0, 0.1) is 6.92 Å². The topological polar surface area (TPSA) is 56.3 Å². The van der Waals surface area contributed by atoms with Gasteiger partial charge in [-0.1, -0.05) is 0 Å². The van der Waals surface area contributed by atoms with E-state index in [1.165, 1.54) is 6.33 Å². The first kappa shape index (κ1) is 14.6. The molecule has 0 saturated carbocycles. The number of anilines is 1. The van der Waals surface area contributed by atoms with Crippen LogP contribution in [0.3, 0.4) is 0 Å². The van der Waals surface area contributed by atoms with Crippen LogP contribution in [0.1, 0.15) is 5.56 Å². The van der Waals surface area contributed by atoms with Gasteiger partial charge in [0, 0.05) is 18.2 Å². The van der Waals surface area contributed by atoms with Crippen molar-refractivity contribution in [3.05, 3.63) is 28.5 Å². The molecule has 0 aliphatic rings. The molecule has 2 rings (SSSR count). The fraction of sp³-hybridized carbons (Fsp3) is 0.286. The fourth-order valence-electron chi connectivity index (χ4n) is 2.06. The van der Waals surface area contributed by atoms with Gasteiger partial charge in [-0.2, -0.15) is 0 Å². The number of nitrogens with zero attached hydrogens (tertiary/aromatic N) is 2. The SMILES string of the molecule is CNc1ncnc(-c2ccc(OC)c(Br)c2OC)c1C. The summed E-state index contributed by atoms with van der Waals surface area (Å²) in [7, 11) is 5.08. The first-order valence-corrected chi connectivity index (χ1v) is 6.83. The standard InChI is InChI=1S/C14H16BrN3O2/c1-8-12(17-7-18-14(8)16-2)9-5-6-10(19-3)11(15)13(9)20-4/h5-7H,1-4H3,(H,16,17,18). The molecule has 1 N–H and O–H groups in total. The smallest absolute Gasteiger partial charge is 0.146 e. The third-order valence-corrected chi connectivity index (χ3v) is 3.81. The lowest BCUT2D eigenvalue weighted by molar-refractivity contribution is 0.390. The molecule has 20 heavy (non-hydrogen) atoms. The van der Waals surface area contributed by atoms with Crippen molar-refractivity contribution in [1.82, 2.24) is 9.97 Å². The van der Waals surface area contributed by atoms with E-state index in [0.717, 1.165) is 27.1 Å². The van der Waals surface area contributed by atoms with Gasteiger partial charge >= 0.3 is 0 Å². The summed E-state index contributed by atoms with van der Waals surface area (Å²) in [6, 6.07) is 3.81. The Kier molecular flexibility index (Phi) is 4.44. The Morgan fingerprint density at radius 3 is 2.50 bits per heavy atom. The molecule has 106 valence electrons. The lowest BCUT2D eigenvalue weighted by Crippen LogP contribution is -2.01. The summed E-state index contributed by atoms with van der Waals surface area (Å²) in [6.07, 6.45) is 1.53. The number of aromatic nitrogens is 2. The Bertz CT molecular complexity index is 632. The zero-order valence-corrected chi connectivity index (χ0v) is 13.4. The van der Waals surface area contributed by atoms with Crippen molar-refractivity contribution in [3.63, 3.8) is 0 Å². The molecule has 0 atom stereocenters. The van der Waals surface area contributed by atoms with Gasteiger partial charge in [0.15, 0.2) is 0 Å². The molecule has 0 aliphatic heterocycles. The number of nitrogens with one attached hydrogen (secondary N) is 1. The summed E-state index contributed by atoms with van der Waals surface area (Å²) in [5.41, 5.74) is 2.67. The van der Waals surface area contributed by atoms with Gasteiger partial charge in [0.05, 0.1) is 19.9 Å². The molecular weight excluding hydrogens is 322 g/mol. The van der Waals surface area contributed by atoms with E-state index >= 15 is 0 Å². The summed E-state index contributed by atoms with van der Waals surface area (Å²) < 4.78 is 11.5. The van der Waals surface area contributed by atoms with E-state index in [2.05, 4.69) is 31.2 Å². The predicted molar refractivity (Wildman–Crippen MR) is 82.6 cm³/mol. The van der Waals surface area contributed by atoms with Crippen LogP contribution in [-0.4, -0.2) is 31.2 Å². The highest BCUT2D eigenvalue weighted by molar-refractivity contribution is 9.10. The van der Waals surface area contributed by atoms with Gasteiger partial charge in [-0.15, -0.1) is 0 Å². The monoisotopic (exact) mass is 337 g/mol. The maximum Gasteiger partial charge on any atom is 0.146 e. The number of hydrogen-bond acceptors (Lipinski definition) is 5. The first-order valence-electron chi connectivity index (χ1n) is 6.04. The van der Waals surface area contributed by atoms with E-state index in [1.54, 1.807) is 14.2 Å². The van der Waals surface area contributed by atoms with E-state index in [4.69, 9.17) is 9.47 Å². The van der Waals surface area contributed by atoms with Crippen molar-refractivity contribution in [2.45, 2.75) is 6.92 Å². The third kappa shape index (κ3) is 2.43. The number of ether oxygens (including phenoxy) is 2. The fourth-order valence-corrected chi connectivity index (χ4v) is 2.72. The minimum atomic E-state index is 0.688. The molecule has 0 spiro atoms. The number of rotatable bonds is 4. The van der Waals surface area contributed by atoms with Crippen molar-refractivity contribution in [3.8, 4) is 22.8 Å². The number of hydrogen-bond donors (Lipinski definition) is 1. The Morgan fingerprint density at radius 1 is 1.15 bits per heavy atom. The second-order valence-corrected chi connectivity index (χ2v) is 4.90. The molecule has 1 aromatic heterocycles. The van der Waals surface area contributed by atoms with Crippen LogP contribution in [0.2, 0.25) is 0 Å².